The Hall–Kier alpha value is -2.05. The maximum Gasteiger partial charge on any atom is 0.325 e. The van der Waals surface area contributed by atoms with Crippen LogP contribution in [-0.2, 0) is 20.9 Å². The quantitative estimate of drug-likeness (QED) is 0.787. The van der Waals surface area contributed by atoms with Crippen molar-refractivity contribution in [3.05, 3.63) is 11.4 Å². The second-order valence-electron chi connectivity index (χ2n) is 5.16. The van der Waals surface area contributed by atoms with Crippen LogP contribution >= 0.6 is 0 Å². The van der Waals surface area contributed by atoms with Crippen molar-refractivity contribution in [1.82, 2.24) is 14.7 Å². The number of nitrogen functional groups attached to an aromatic ring is 1. The van der Waals surface area contributed by atoms with Gasteiger partial charge in [0, 0.05) is 6.04 Å². The van der Waals surface area contributed by atoms with Gasteiger partial charge >= 0.3 is 5.97 Å². The maximum atomic E-state index is 12.4. The Kier molecular flexibility index (Phi) is 5.75. The molecule has 1 heterocycles. The van der Waals surface area contributed by atoms with Gasteiger partial charge in [0.2, 0.25) is 5.91 Å². The third-order valence-corrected chi connectivity index (χ3v) is 3.27. The van der Waals surface area contributed by atoms with Crippen LogP contribution < -0.4 is 5.73 Å². The smallest absolute Gasteiger partial charge is 0.325 e. The molecule has 0 aliphatic heterocycles. The van der Waals surface area contributed by atoms with Crippen molar-refractivity contribution in [3.63, 3.8) is 0 Å². The summed E-state index contributed by atoms with van der Waals surface area (Å²) in [6.45, 7) is 9.35. The first-order valence-corrected chi connectivity index (χ1v) is 7.02. The van der Waals surface area contributed by atoms with Crippen molar-refractivity contribution in [3.8, 4) is 0 Å². The van der Waals surface area contributed by atoms with Crippen LogP contribution in [0.3, 0.4) is 0 Å². The molecule has 0 fully saturated rings. The summed E-state index contributed by atoms with van der Waals surface area (Å²) in [6, 6.07) is -0.101. The second kappa shape index (κ2) is 7.10. The van der Waals surface area contributed by atoms with E-state index in [9.17, 15) is 9.59 Å². The van der Waals surface area contributed by atoms with E-state index in [2.05, 4.69) is 5.10 Å². The topological polar surface area (TPSA) is 90.5 Å². The number of carbonyl (C=O) groups excluding carboxylic acids is 2. The minimum absolute atomic E-state index is 0.0564. The lowest BCUT2D eigenvalue weighted by molar-refractivity contribution is -0.150. The van der Waals surface area contributed by atoms with Crippen molar-refractivity contribution >= 4 is 17.6 Å². The van der Waals surface area contributed by atoms with Gasteiger partial charge in [-0.25, -0.2) is 0 Å². The first-order chi connectivity index (χ1) is 9.77. The molecule has 0 saturated heterocycles. The molecule has 1 amide bonds. The van der Waals surface area contributed by atoms with Gasteiger partial charge in [-0.2, -0.15) is 5.10 Å². The molecular formula is C14H24N4O3. The minimum Gasteiger partial charge on any atom is -0.465 e. The normalized spacial score (nSPS) is 10.8. The van der Waals surface area contributed by atoms with E-state index in [0.717, 1.165) is 5.69 Å². The molecule has 7 heteroatoms. The molecule has 7 nitrogen and oxygen atoms in total. The van der Waals surface area contributed by atoms with Crippen molar-refractivity contribution in [2.45, 2.75) is 47.2 Å². The number of amides is 1. The van der Waals surface area contributed by atoms with Gasteiger partial charge in [-0.3, -0.25) is 14.3 Å². The van der Waals surface area contributed by atoms with E-state index < -0.39 is 5.97 Å². The Morgan fingerprint density at radius 2 is 2.00 bits per heavy atom. The third-order valence-electron chi connectivity index (χ3n) is 3.27. The molecule has 0 aliphatic carbocycles. The number of hydrogen-bond acceptors (Lipinski definition) is 5. The minimum atomic E-state index is -0.410. The third kappa shape index (κ3) is 4.21. The predicted molar refractivity (Wildman–Crippen MR) is 79.6 cm³/mol. The van der Waals surface area contributed by atoms with Gasteiger partial charge in [-0.05, 0) is 34.6 Å². The Morgan fingerprint density at radius 1 is 1.38 bits per heavy atom. The maximum absolute atomic E-state index is 12.4. The standard InChI is InChI=1S/C14H24N4O3/c1-6-21-13(20)8-17(9(2)3)12(19)7-18-11(5)14(15)10(4)16-18/h9H,6-8,15H2,1-5H3. The van der Waals surface area contributed by atoms with Crippen LogP contribution in [-0.4, -0.2) is 45.8 Å². The van der Waals surface area contributed by atoms with E-state index in [-0.39, 0.29) is 25.0 Å². The zero-order chi connectivity index (χ0) is 16.2. The van der Waals surface area contributed by atoms with Crippen LogP contribution in [0.25, 0.3) is 0 Å². The van der Waals surface area contributed by atoms with Crippen LogP contribution in [0.5, 0.6) is 0 Å². The molecule has 2 N–H and O–H groups in total. The lowest BCUT2D eigenvalue weighted by Crippen LogP contribution is -2.43. The molecule has 0 bridgehead atoms. The molecule has 0 atom stereocenters. The molecule has 0 aromatic carbocycles. The molecule has 118 valence electrons. The average Bonchev–Trinajstić information content (AvgIpc) is 2.63. The highest BCUT2D eigenvalue weighted by atomic mass is 16.5. The fourth-order valence-electron chi connectivity index (χ4n) is 1.99. The van der Waals surface area contributed by atoms with Crippen molar-refractivity contribution in [2.24, 2.45) is 0 Å². The summed E-state index contributed by atoms with van der Waals surface area (Å²) in [5, 5.41) is 4.23. The lowest BCUT2D eigenvalue weighted by Gasteiger charge is -2.25. The molecule has 1 aromatic rings. The summed E-state index contributed by atoms with van der Waals surface area (Å²) < 4.78 is 6.46. The number of aryl methyl sites for hydroxylation is 1. The van der Waals surface area contributed by atoms with E-state index in [4.69, 9.17) is 10.5 Å². The van der Waals surface area contributed by atoms with Gasteiger partial charge in [0.05, 0.1) is 23.7 Å². The molecule has 1 rings (SSSR count). The highest BCUT2D eigenvalue weighted by Crippen LogP contribution is 2.15. The van der Waals surface area contributed by atoms with Gasteiger partial charge in [-0.1, -0.05) is 0 Å². The molecule has 0 saturated carbocycles. The largest absolute Gasteiger partial charge is 0.465 e. The number of nitrogens with zero attached hydrogens (tertiary/aromatic N) is 3. The highest BCUT2D eigenvalue weighted by Gasteiger charge is 2.22. The van der Waals surface area contributed by atoms with Crippen LogP contribution in [0.4, 0.5) is 5.69 Å². The van der Waals surface area contributed by atoms with Gasteiger partial charge in [0.25, 0.3) is 0 Å². The van der Waals surface area contributed by atoms with Gasteiger partial charge in [-0.15, -0.1) is 0 Å². The van der Waals surface area contributed by atoms with Crippen molar-refractivity contribution in [1.29, 1.82) is 0 Å². The summed E-state index contributed by atoms with van der Waals surface area (Å²) in [4.78, 5) is 25.4. The molecule has 0 unspecified atom stereocenters. The van der Waals surface area contributed by atoms with E-state index >= 15 is 0 Å². The number of nitrogens with two attached hydrogens (primary N) is 1. The van der Waals surface area contributed by atoms with Crippen LogP contribution in [0.15, 0.2) is 0 Å². The molecule has 1 aromatic heterocycles. The highest BCUT2D eigenvalue weighted by molar-refractivity contribution is 5.82. The zero-order valence-corrected chi connectivity index (χ0v) is 13.3. The summed E-state index contributed by atoms with van der Waals surface area (Å²) in [5.74, 6) is -0.601. The van der Waals surface area contributed by atoms with Gasteiger partial charge < -0.3 is 15.4 Å². The number of hydrogen-bond donors (Lipinski definition) is 1. The first-order valence-electron chi connectivity index (χ1n) is 7.02. The van der Waals surface area contributed by atoms with Crippen LogP contribution in [0.1, 0.15) is 32.2 Å². The SMILES string of the molecule is CCOC(=O)CN(C(=O)Cn1nc(C)c(N)c1C)C(C)C. The van der Waals surface area contributed by atoms with Gasteiger partial charge in [0.15, 0.2) is 0 Å². The summed E-state index contributed by atoms with van der Waals surface area (Å²) in [6.07, 6.45) is 0. The fourth-order valence-corrected chi connectivity index (χ4v) is 1.99. The second-order valence-corrected chi connectivity index (χ2v) is 5.16. The van der Waals surface area contributed by atoms with E-state index in [0.29, 0.717) is 18.0 Å². The Balaban J connectivity index is 2.82. The molecular weight excluding hydrogens is 272 g/mol. The van der Waals surface area contributed by atoms with E-state index in [1.54, 1.807) is 18.5 Å². The molecule has 21 heavy (non-hydrogen) atoms. The number of aromatic nitrogens is 2. The summed E-state index contributed by atoms with van der Waals surface area (Å²) >= 11 is 0. The summed E-state index contributed by atoms with van der Waals surface area (Å²) in [7, 11) is 0. The number of carbonyl (C=O) groups is 2. The predicted octanol–water partition coefficient (Wildman–Crippen LogP) is 0.882. The molecule has 0 radical (unpaired) electrons. The molecule has 0 aliphatic rings. The van der Waals surface area contributed by atoms with Crippen molar-refractivity contribution in [2.75, 3.05) is 18.9 Å². The Morgan fingerprint density at radius 3 is 2.43 bits per heavy atom. The first kappa shape index (κ1) is 17.0. The van der Waals surface area contributed by atoms with Gasteiger partial charge in [0.1, 0.15) is 13.1 Å². The summed E-state index contributed by atoms with van der Waals surface area (Å²) in [5.41, 5.74) is 7.89. The number of ether oxygens (including phenoxy) is 1. The van der Waals surface area contributed by atoms with Crippen LogP contribution in [0, 0.1) is 13.8 Å². The van der Waals surface area contributed by atoms with Crippen LogP contribution in [0.2, 0.25) is 0 Å². The molecule has 0 spiro atoms. The Bertz CT molecular complexity index is 523. The number of anilines is 1. The van der Waals surface area contributed by atoms with Crippen molar-refractivity contribution < 1.29 is 14.3 Å². The van der Waals surface area contributed by atoms with E-state index in [1.807, 2.05) is 20.8 Å². The zero-order valence-electron chi connectivity index (χ0n) is 13.3. The number of rotatable bonds is 6. The Labute approximate surface area is 125 Å². The fraction of sp³-hybridized carbons (Fsp3) is 0.643. The average molecular weight is 296 g/mol. The number of esters is 1. The van der Waals surface area contributed by atoms with E-state index in [1.165, 1.54) is 4.90 Å². The monoisotopic (exact) mass is 296 g/mol. The lowest BCUT2D eigenvalue weighted by atomic mass is 10.3.